The van der Waals surface area contributed by atoms with E-state index in [1.165, 1.54) is 12.8 Å². The monoisotopic (exact) mass is 286 g/mol. The van der Waals surface area contributed by atoms with Gasteiger partial charge in [-0.3, -0.25) is 4.79 Å². The molecule has 3 rings (SSSR count). The van der Waals surface area contributed by atoms with Crippen LogP contribution < -0.4 is 0 Å². The van der Waals surface area contributed by atoms with Crippen LogP contribution >= 0.6 is 11.8 Å². The highest BCUT2D eigenvalue weighted by atomic mass is 32.2. The molecule has 1 unspecified atom stereocenters. The van der Waals surface area contributed by atoms with E-state index < -0.39 is 17.7 Å². The highest BCUT2D eigenvalue weighted by Gasteiger charge is 2.69. The van der Waals surface area contributed by atoms with Crippen molar-refractivity contribution in [1.29, 1.82) is 0 Å². The van der Waals surface area contributed by atoms with Crippen LogP contribution in [0.25, 0.3) is 0 Å². The number of hydrogen-bond acceptors (Lipinski definition) is 5. The summed E-state index contributed by atoms with van der Waals surface area (Å²) in [6, 6.07) is 0. The van der Waals surface area contributed by atoms with Crippen LogP contribution in [0.3, 0.4) is 0 Å². The topological polar surface area (TPSA) is 55.8 Å². The van der Waals surface area contributed by atoms with Crippen molar-refractivity contribution in [3.8, 4) is 0 Å². The first-order valence-corrected chi connectivity index (χ1v) is 8.33. The molecule has 0 aromatic carbocycles. The SMILES string of the molecule is CCCCSCC1[C@H]2O[C@@]3(C)CC(=O)[C@@H]1C[C@]3(O)O2. The average molecular weight is 286 g/mol. The summed E-state index contributed by atoms with van der Waals surface area (Å²) in [6.45, 7) is 3.98. The fourth-order valence-electron chi connectivity index (χ4n) is 3.42. The number of hydrogen-bond donors (Lipinski definition) is 1. The molecule has 4 nitrogen and oxygen atoms in total. The third kappa shape index (κ3) is 2.06. The predicted octanol–water partition coefficient (Wildman–Crippen LogP) is 1.95. The molecule has 0 spiro atoms. The Labute approximate surface area is 118 Å². The summed E-state index contributed by atoms with van der Waals surface area (Å²) in [5, 5.41) is 10.5. The molecular formula is C14H22O4S. The molecule has 0 amide bonds. The molecule has 1 saturated carbocycles. The maximum atomic E-state index is 12.2. The van der Waals surface area contributed by atoms with E-state index in [1.807, 2.05) is 11.8 Å². The van der Waals surface area contributed by atoms with Crippen molar-refractivity contribution in [3.63, 3.8) is 0 Å². The van der Waals surface area contributed by atoms with E-state index in [0.717, 1.165) is 11.5 Å². The standard InChI is InChI=1S/C14H22O4S/c1-3-4-5-19-8-10-9-6-14(16)13(2,7-11(9)15)17-12(10)18-14/h9-10,12,16H,3-8H2,1-2H3/t9-,10?,12+,13+,14+/m1/s1. The first-order chi connectivity index (χ1) is 8.99. The predicted molar refractivity (Wildman–Crippen MR) is 72.8 cm³/mol. The van der Waals surface area contributed by atoms with Crippen molar-refractivity contribution in [1.82, 2.24) is 0 Å². The summed E-state index contributed by atoms with van der Waals surface area (Å²) in [5.41, 5.74) is -0.839. The number of rotatable bonds is 5. The van der Waals surface area contributed by atoms with Crippen LogP contribution in [0.4, 0.5) is 0 Å². The molecule has 2 heterocycles. The van der Waals surface area contributed by atoms with Gasteiger partial charge in [-0.05, 0) is 19.1 Å². The van der Waals surface area contributed by atoms with Crippen LogP contribution in [0.1, 0.15) is 39.5 Å². The lowest BCUT2D eigenvalue weighted by Gasteiger charge is -2.45. The Morgan fingerprint density at radius 3 is 3.00 bits per heavy atom. The number of carbonyl (C=O) groups is 1. The molecular weight excluding hydrogens is 264 g/mol. The van der Waals surface area contributed by atoms with Gasteiger partial charge < -0.3 is 14.6 Å². The Bertz CT molecular complexity index is 388. The molecule has 3 fully saturated rings. The zero-order valence-electron chi connectivity index (χ0n) is 11.6. The average Bonchev–Trinajstić information content (AvgIpc) is 2.50. The number of fused-ring (bicyclic) bond motifs is 2. The maximum absolute atomic E-state index is 12.2. The van der Waals surface area contributed by atoms with Crippen LogP contribution in [-0.2, 0) is 14.3 Å². The maximum Gasteiger partial charge on any atom is 0.198 e. The normalized spacial score (nSPS) is 47.9. The van der Waals surface area contributed by atoms with Gasteiger partial charge in [0.2, 0.25) is 0 Å². The second-order valence-electron chi connectivity index (χ2n) is 6.17. The third-order valence-corrected chi connectivity index (χ3v) is 5.95. The molecule has 0 aromatic rings. The molecule has 19 heavy (non-hydrogen) atoms. The van der Waals surface area contributed by atoms with Crippen molar-refractivity contribution < 1.29 is 19.4 Å². The van der Waals surface area contributed by atoms with E-state index in [2.05, 4.69) is 6.92 Å². The molecule has 108 valence electrons. The van der Waals surface area contributed by atoms with Crippen molar-refractivity contribution in [2.75, 3.05) is 11.5 Å². The lowest BCUT2D eigenvalue weighted by molar-refractivity contribution is -0.266. The van der Waals surface area contributed by atoms with Gasteiger partial charge in [-0.2, -0.15) is 11.8 Å². The Morgan fingerprint density at radius 1 is 1.47 bits per heavy atom. The first kappa shape index (κ1) is 13.9. The fraction of sp³-hybridized carbons (Fsp3) is 0.929. The Hall–Kier alpha value is -0.100. The zero-order valence-corrected chi connectivity index (χ0v) is 12.4. The molecule has 2 saturated heterocycles. The van der Waals surface area contributed by atoms with E-state index in [0.29, 0.717) is 6.42 Å². The number of unbranched alkanes of at least 4 members (excludes halogenated alkanes) is 1. The van der Waals surface area contributed by atoms with E-state index in [1.54, 1.807) is 6.92 Å². The minimum absolute atomic E-state index is 0.0894. The van der Waals surface area contributed by atoms with Gasteiger partial charge in [-0.25, -0.2) is 0 Å². The second-order valence-corrected chi connectivity index (χ2v) is 7.32. The molecule has 5 atom stereocenters. The van der Waals surface area contributed by atoms with Gasteiger partial charge in [0.1, 0.15) is 11.4 Å². The van der Waals surface area contributed by atoms with Gasteiger partial charge in [0.25, 0.3) is 0 Å². The van der Waals surface area contributed by atoms with Crippen LogP contribution in [0.5, 0.6) is 0 Å². The number of carbonyl (C=O) groups excluding carboxylic acids is 1. The van der Waals surface area contributed by atoms with Crippen molar-refractivity contribution in [2.24, 2.45) is 11.8 Å². The van der Waals surface area contributed by atoms with Gasteiger partial charge in [-0.15, -0.1) is 0 Å². The van der Waals surface area contributed by atoms with E-state index in [9.17, 15) is 9.90 Å². The Morgan fingerprint density at radius 2 is 2.26 bits per heavy atom. The number of thioether (sulfide) groups is 1. The van der Waals surface area contributed by atoms with Crippen LogP contribution in [0.2, 0.25) is 0 Å². The van der Waals surface area contributed by atoms with Crippen LogP contribution in [0, 0.1) is 11.8 Å². The summed E-state index contributed by atoms with van der Waals surface area (Å²) in [7, 11) is 0. The summed E-state index contributed by atoms with van der Waals surface area (Å²) < 4.78 is 11.6. The van der Waals surface area contributed by atoms with Gasteiger partial charge in [0.05, 0.1) is 0 Å². The number of ketones is 1. The molecule has 0 aromatic heterocycles. The largest absolute Gasteiger partial charge is 0.363 e. The molecule has 2 aliphatic heterocycles. The summed E-state index contributed by atoms with van der Waals surface area (Å²) in [5.74, 6) is 0.988. The lowest BCUT2D eigenvalue weighted by atomic mass is 9.70. The van der Waals surface area contributed by atoms with Gasteiger partial charge in [0, 0.05) is 30.4 Å². The van der Waals surface area contributed by atoms with Gasteiger partial charge in [0.15, 0.2) is 12.1 Å². The first-order valence-electron chi connectivity index (χ1n) is 7.17. The molecule has 0 radical (unpaired) electrons. The highest BCUT2D eigenvalue weighted by Crippen LogP contribution is 2.56. The molecule has 1 N–H and O–H groups in total. The summed E-state index contributed by atoms with van der Waals surface area (Å²) in [6.07, 6.45) is 2.66. The van der Waals surface area contributed by atoms with Gasteiger partial charge in [-0.1, -0.05) is 13.3 Å². The minimum Gasteiger partial charge on any atom is -0.363 e. The van der Waals surface area contributed by atoms with Gasteiger partial charge >= 0.3 is 0 Å². The number of aliphatic hydroxyl groups is 1. The Balaban J connectivity index is 1.72. The van der Waals surface area contributed by atoms with E-state index >= 15 is 0 Å². The fourth-order valence-corrected chi connectivity index (χ4v) is 4.74. The minimum atomic E-state index is -1.25. The van der Waals surface area contributed by atoms with Crippen LogP contribution in [0.15, 0.2) is 0 Å². The number of Topliss-reactive ketones (excluding diaryl/α,β-unsaturated/α-hetero) is 1. The van der Waals surface area contributed by atoms with Crippen molar-refractivity contribution >= 4 is 17.5 Å². The second kappa shape index (κ2) is 4.72. The molecule has 3 bridgehead atoms. The molecule has 5 heteroatoms. The summed E-state index contributed by atoms with van der Waals surface area (Å²) in [4.78, 5) is 12.2. The van der Waals surface area contributed by atoms with E-state index in [-0.39, 0.29) is 24.0 Å². The quantitative estimate of drug-likeness (QED) is 0.783. The molecule has 1 aliphatic carbocycles. The molecule has 3 aliphatic rings. The van der Waals surface area contributed by atoms with E-state index in [4.69, 9.17) is 9.47 Å². The van der Waals surface area contributed by atoms with Crippen LogP contribution in [-0.4, -0.2) is 40.1 Å². The summed E-state index contributed by atoms with van der Waals surface area (Å²) >= 11 is 1.87. The smallest absolute Gasteiger partial charge is 0.198 e. The number of ether oxygens (including phenoxy) is 2. The van der Waals surface area contributed by atoms with Crippen molar-refractivity contribution in [2.45, 2.75) is 57.2 Å². The third-order valence-electron chi connectivity index (χ3n) is 4.75. The lowest BCUT2D eigenvalue weighted by Crippen LogP contribution is -2.59. The highest BCUT2D eigenvalue weighted by molar-refractivity contribution is 7.99. The Kier molecular flexibility index (Phi) is 3.45. The zero-order chi connectivity index (χ0) is 13.7. The van der Waals surface area contributed by atoms with Crippen molar-refractivity contribution in [3.05, 3.63) is 0 Å².